The predicted octanol–water partition coefficient (Wildman–Crippen LogP) is -0.719. The molecule has 170 valence electrons. The Bertz CT molecular complexity index is 1190. The molecule has 1 aromatic carbocycles. The summed E-state index contributed by atoms with van der Waals surface area (Å²) in [6, 6.07) is 4.73. The Kier molecular flexibility index (Phi) is 6.05. The highest BCUT2D eigenvalue weighted by Gasteiger charge is 2.45. The van der Waals surface area contributed by atoms with E-state index in [9.17, 15) is 25.2 Å². The van der Waals surface area contributed by atoms with Crippen LogP contribution in [0.3, 0.4) is 0 Å². The number of benzene rings is 1. The minimum Gasteiger partial charge on any atom is -0.504 e. The van der Waals surface area contributed by atoms with Gasteiger partial charge in [0.1, 0.15) is 18.3 Å². The van der Waals surface area contributed by atoms with E-state index in [1.54, 1.807) is 19.1 Å². The summed E-state index contributed by atoms with van der Waals surface area (Å²) >= 11 is 0. The molecule has 13 heteroatoms. The summed E-state index contributed by atoms with van der Waals surface area (Å²) in [6.45, 7) is 1.70. The van der Waals surface area contributed by atoms with Crippen molar-refractivity contribution in [1.82, 2.24) is 19.5 Å². The molecule has 1 saturated heterocycles. The summed E-state index contributed by atoms with van der Waals surface area (Å²) in [5.74, 6) is 0.296. The number of aromatic nitrogens is 4. The van der Waals surface area contributed by atoms with Crippen LogP contribution in [0.2, 0.25) is 0 Å². The number of fused-ring (bicyclic) bond motifs is 1. The number of aliphatic hydroxyl groups excluding tert-OH is 3. The number of nitrogens with zero attached hydrogens (tertiary/aromatic N) is 4. The molecular formula is C19H22N6O7. The van der Waals surface area contributed by atoms with E-state index in [0.29, 0.717) is 17.9 Å². The molecule has 1 aliphatic heterocycles. The number of aliphatic hydroxyl groups is 3. The average molecular weight is 446 g/mol. The Morgan fingerprint density at radius 1 is 1.38 bits per heavy atom. The zero-order chi connectivity index (χ0) is 22.8. The highest BCUT2D eigenvalue weighted by atomic mass is 16.6. The lowest BCUT2D eigenvalue weighted by atomic mass is 10.1. The summed E-state index contributed by atoms with van der Waals surface area (Å²) < 4.78 is 12.1. The van der Waals surface area contributed by atoms with Gasteiger partial charge in [-0.2, -0.15) is 5.10 Å². The van der Waals surface area contributed by atoms with Gasteiger partial charge < -0.3 is 34.9 Å². The van der Waals surface area contributed by atoms with Crippen LogP contribution in [-0.2, 0) is 4.74 Å². The van der Waals surface area contributed by atoms with Crippen molar-refractivity contribution in [3.05, 3.63) is 40.4 Å². The van der Waals surface area contributed by atoms with E-state index in [2.05, 4.69) is 25.5 Å². The number of hydrogen-bond donors (Lipinski definition) is 6. The number of nitrogens with one attached hydrogen (secondary N) is 2. The van der Waals surface area contributed by atoms with Crippen molar-refractivity contribution < 1.29 is 29.9 Å². The van der Waals surface area contributed by atoms with E-state index in [4.69, 9.17) is 9.47 Å². The van der Waals surface area contributed by atoms with Crippen LogP contribution in [0.4, 0.5) is 5.95 Å². The Morgan fingerprint density at radius 3 is 2.88 bits per heavy atom. The second kappa shape index (κ2) is 8.92. The van der Waals surface area contributed by atoms with Gasteiger partial charge in [-0.3, -0.25) is 9.36 Å². The molecule has 0 amide bonds. The topological polar surface area (TPSA) is 187 Å². The predicted molar refractivity (Wildman–Crippen MR) is 112 cm³/mol. The van der Waals surface area contributed by atoms with Crippen molar-refractivity contribution in [3.8, 4) is 11.5 Å². The molecule has 1 fully saturated rings. The van der Waals surface area contributed by atoms with E-state index in [1.807, 2.05) is 0 Å². The third-order valence-corrected chi connectivity index (χ3v) is 4.92. The summed E-state index contributed by atoms with van der Waals surface area (Å²) in [7, 11) is 0. The van der Waals surface area contributed by atoms with E-state index in [1.165, 1.54) is 23.2 Å². The van der Waals surface area contributed by atoms with Crippen molar-refractivity contribution in [3.63, 3.8) is 0 Å². The molecule has 0 radical (unpaired) electrons. The standard InChI is InChI=1S/C19H22N6O7/c1-2-31-11-4-3-9(5-10(11)27)6-22-24-19-23-13-16(20-8-21-17(13)30)25(19)18-15(29)14(28)12(7-26)32-18/h3-6,8,12,14-15,18,26-29H,2,7H2,1H3,(H,23,24)(H,20,21,30)/b22-6+/t12-,14+,15+,18-/m0/s1. The number of anilines is 1. The lowest BCUT2D eigenvalue weighted by Gasteiger charge is -2.18. The lowest BCUT2D eigenvalue weighted by molar-refractivity contribution is -0.0501. The van der Waals surface area contributed by atoms with Gasteiger partial charge in [0.05, 0.1) is 25.8 Å². The number of imidazole rings is 1. The second-order valence-corrected chi connectivity index (χ2v) is 6.97. The normalized spacial score (nSPS) is 23.2. The van der Waals surface area contributed by atoms with Crippen molar-refractivity contribution in [2.45, 2.75) is 31.5 Å². The molecule has 4 atom stereocenters. The number of phenols is 1. The minimum absolute atomic E-state index is 0.00504. The zero-order valence-electron chi connectivity index (χ0n) is 16.9. The Hall–Kier alpha value is -3.52. The van der Waals surface area contributed by atoms with E-state index < -0.39 is 36.7 Å². The lowest BCUT2D eigenvalue weighted by Crippen LogP contribution is -2.33. The maximum Gasteiger partial charge on any atom is 0.278 e. The van der Waals surface area contributed by atoms with Crippen LogP contribution in [-0.4, -0.2) is 77.7 Å². The molecule has 2 aromatic heterocycles. The fourth-order valence-electron chi connectivity index (χ4n) is 3.39. The van der Waals surface area contributed by atoms with Crippen LogP contribution in [0.5, 0.6) is 11.5 Å². The number of aromatic amines is 1. The maximum atomic E-state index is 12.2. The Labute approximate surface area is 180 Å². The summed E-state index contributed by atoms with van der Waals surface area (Å²) in [6.07, 6.45) is -2.43. The summed E-state index contributed by atoms with van der Waals surface area (Å²) in [4.78, 5) is 22.9. The van der Waals surface area contributed by atoms with Crippen molar-refractivity contribution in [1.29, 1.82) is 0 Å². The van der Waals surface area contributed by atoms with E-state index >= 15 is 0 Å². The molecule has 4 rings (SSSR count). The SMILES string of the molecule is CCOc1ccc(/C=N/Nc2nc3c(=O)[nH]cnc3n2[C@H]2O[C@@H](CO)[C@@H](O)[C@H]2O)cc1O. The van der Waals surface area contributed by atoms with Gasteiger partial charge in [0.25, 0.3) is 5.56 Å². The molecule has 0 unspecified atom stereocenters. The van der Waals surface area contributed by atoms with Gasteiger partial charge in [-0.05, 0) is 30.7 Å². The molecule has 3 heterocycles. The zero-order valence-corrected chi connectivity index (χ0v) is 16.9. The average Bonchev–Trinajstić information content (AvgIpc) is 3.28. The number of rotatable bonds is 7. The summed E-state index contributed by atoms with van der Waals surface area (Å²) in [5.41, 5.74) is 2.73. The van der Waals surface area contributed by atoms with Crippen LogP contribution in [0.15, 0.2) is 34.4 Å². The number of ether oxygens (including phenoxy) is 2. The van der Waals surface area contributed by atoms with E-state index in [0.717, 1.165) is 0 Å². The van der Waals surface area contributed by atoms with Crippen LogP contribution in [0.1, 0.15) is 18.7 Å². The maximum absolute atomic E-state index is 12.2. The monoisotopic (exact) mass is 446 g/mol. The molecule has 3 aromatic rings. The second-order valence-electron chi connectivity index (χ2n) is 6.97. The highest BCUT2D eigenvalue weighted by Crippen LogP contribution is 2.33. The number of phenolic OH excluding ortho intramolecular Hbond substituents is 1. The first kappa shape index (κ1) is 21.7. The largest absolute Gasteiger partial charge is 0.504 e. The third-order valence-electron chi connectivity index (χ3n) is 4.92. The molecule has 13 nitrogen and oxygen atoms in total. The molecule has 0 bridgehead atoms. The highest BCUT2D eigenvalue weighted by molar-refractivity contribution is 5.81. The first-order chi connectivity index (χ1) is 15.4. The Morgan fingerprint density at radius 2 is 2.19 bits per heavy atom. The van der Waals surface area contributed by atoms with Gasteiger partial charge in [0.2, 0.25) is 5.95 Å². The molecule has 0 aliphatic carbocycles. The van der Waals surface area contributed by atoms with Gasteiger partial charge in [0, 0.05) is 0 Å². The van der Waals surface area contributed by atoms with E-state index in [-0.39, 0.29) is 22.9 Å². The molecule has 0 spiro atoms. The number of aromatic hydroxyl groups is 1. The Balaban J connectivity index is 1.66. The minimum atomic E-state index is -1.42. The first-order valence-electron chi connectivity index (χ1n) is 9.77. The first-order valence-corrected chi connectivity index (χ1v) is 9.77. The van der Waals surface area contributed by atoms with Gasteiger partial charge in [-0.1, -0.05) is 0 Å². The molecular weight excluding hydrogens is 424 g/mol. The number of H-pyrrole nitrogens is 1. The quantitative estimate of drug-likeness (QED) is 0.200. The van der Waals surface area contributed by atoms with Crippen molar-refractivity contribution >= 4 is 23.3 Å². The summed E-state index contributed by atoms with van der Waals surface area (Å²) in [5, 5.41) is 44.0. The molecule has 0 saturated carbocycles. The van der Waals surface area contributed by atoms with Crippen LogP contribution < -0.4 is 15.7 Å². The van der Waals surface area contributed by atoms with Crippen LogP contribution in [0, 0.1) is 0 Å². The van der Waals surface area contributed by atoms with Crippen LogP contribution in [0.25, 0.3) is 11.2 Å². The van der Waals surface area contributed by atoms with Gasteiger partial charge in [-0.25, -0.2) is 15.4 Å². The van der Waals surface area contributed by atoms with Gasteiger partial charge in [-0.15, -0.1) is 0 Å². The fourth-order valence-corrected chi connectivity index (χ4v) is 3.39. The fraction of sp³-hybridized carbons (Fsp3) is 0.368. The molecule has 32 heavy (non-hydrogen) atoms. The molecule has 1 aliphatic rings. The van der Waals surface area contributed by atoms with Crippen molar-refractivity contribution in [2.24, 2.45) is 5.10 Å². The smallest absolute Gasteiger partial charge is 0.278 e. The number of hydrogen-bond acceptors (Lipinski definition) is 11. The van der Waals surface area contributed by atoms with Crippen LogP contribution >= 0.6 is 0 Å². The molecule has 6 N–H and O–H groups in total. The van der Waals surface area contributed by atoms with Gasteiger partial charge >= 0.3 is 0 Å². The third kappa shape index (κ3) is 3.89. The van der Waals surface area contributed by atoms with Crippen molar-refractivity contribution in [2.75, 3.05) is 18.6 Å². The van der Waals surface area contributed by atoms with Gasteiger partial charge in [0.15, 0.2) is 28.9 Å². The number of hydrazone groups is 1.